The minimum absolute atomic E-state index is 0.0398. The van der Waals surface area contributed by atoms with E-state index in [0.717, 1.165) is 32.0 Å². The van der Waals surface area contributed by atoms with Gasteiger partial charge in [-0.1, -0.05) is 12.1 Å². The summed E-state index contributed by atoms with van der Waals surface area (Å²) < 4.78 is 49.2. The number of halogens is 2. The van der Waals surface area contributed by atoms with Gasteiger partial charge >= 0.3 is 0 Å². The third kappa shape index (κ3) is 4.81. The van der Waals surface area contributed by atoms with Crippen LogP contribution < -0.4 is 5.32 Å². The number of nitrogens with one attached hydrogen (secondary N) is 1. The lowest BCUT2D eigenvalue weighted by atomic mass is 10.1. The van der Waals surface area contributed by atoms with E-state index < -0.39 is 23.0 Å². The van der Waals surface area contributed by atoms with E-state index in [1.807, 2.05) is 7.05 Å². The molecule has 0 aliphatic heterocycles. The van der Waals surface area contributed by atoms with E-state index >= 15 is 0 Å². The molecule has 0 spiro atoms. The normalized spacial score (nSPS) is 12.3. The van der Waals surface area contributed by atoms with Crippen molar-refractivity contribution in [2.24, 2.45) is 0 Å². The van der Waals surface area contributed by atoms with Crippen LogP contribution in [0.5, 0.6) is 0 Å². The van der Waals surface area contributed by atoms with Gasteiger partial charge in [-0.25, -0.2) is 17.2 Å². The van der Waals surface area contributed by atoms with E-state index in [4.69, 9.17) is 0 Å². The molecule has 0 saturated carbocycles. The van der Waals surface area contributed by atoms with E-state index in [-0.39, 0.29) is 4.90 Å². The minimum Gasteiger partial charge on any atom is -0.320 e. The van der Waals surface area contributed by atoms with Crippen molar-refractivity contribution in [3.63, 3.8) is 0 Å². The van der Waals surface area contributed by atoms with Crippen molar-refractivity contribution in [1.29, 1.82) is 0 Å². The first kappa shape index (κ1) is 17.0. The molecule has 1 N–H and O–H groups in total. The van der Waals surface area contributed by atoms with Gasteiger partial charge in [0, 0.05) is 7.05 Å². The minimum atomic E-state index is -3.83. The molecule has 20 heavy (non-hydrogen) atoms. The Morgan fingerprint density at radius 1 is 1.25 bits per heavy atom. The highest BCUT2D eigenvalue weighted by molar-refractivity contribution is 7.89. The maximum absolute atomic E-state index is 12.3. The standard InChI is InChI=1S/C13H20F2N2O2S/c1-16-9-3-4-11-5-7-12(8-6-11)20(18,19)17(2)10-13(14)15/h5-8,13,16H,3-4,9-10H2,1-2H3. The molecule has 0 aliphatic carbocycles. The molecule has 0 amide bonds. The molecular weight excluding hydrogens is 286 g/mol. The molecule has 1 aromatic rings. The van der Waals surface area contributed by atoms with Gasteiger partial charge in [0.15, 0.2) is 0 Å². The zero-order valence-electron chi connectivity index (χ0n) is 11.6. The average molecular weight is 306 g/mol. The van der Waals surface area contributed by atoms with Gasteiger partial charge in [0.1, 0.15) is 0 Å². The van der Waals surface area contributed by atoms with Crippen LogP contribution in [0.25, 0.3) is 0 Å². The second-order valence-electron chi connectivity index (χ2n) is 4.53. The highest BCUT2D eigenvalue weighted by Crippen LogP contribution is 2.16. The zero-order valence-corrected chi connectivity index (χ0v) is 12.5. The Balaban J connectivity index is 2.76. The van der Waals surface area contributed by atoms with E-state index in [2.05, 4.69) is 5.32 Å². The number of hydrogen-bond donors (Lipinski definition) is 1. The van der Waals surface area contributed by atoms with Crippen molar-refractivity contribution in [1.82, 2.24) is 9.62 Å². The fourth-order valence-electron chi connectivity index (χ4n) is 1.77. The highest BCUT2D eigenvalue weighted by atomic mass is 32.2. The SMILES string of the molecule is CNCCCc1ccc(S(=O)(=O)N(C)CC(F)F)cc1. The summed E-state index contributed by atoms with van der Waals surface area (Å²) in [7, 11) is -0.810. The predicted molar refractivity (Wildman–Crippen MR) is 74.5 cm³/mol. The smallest absolute Gasteiger partial charge is 0.252 e. The van der Waals surface area contributed by atoms with Crippen LogP contribution in [0.3, 0.4) is 0 Å². The van der Waals surface area contributed by atoms with Gasteiger partial charge in [-0.3, -0.25) is 0 Å². The van der Waals surface area contributed by atoms with Crippen molar-refractivity contribution >= 4 is 10.0 Å². The first-order valence-corrected chi connectivity index (χ1v) is 7.80. The predicted octanol–water partition coefficient (Wildman–Crippen LogP) is 1.72. The summed E-state index contributed by atoms with van der Waals surface area (Å²) in [6.45, 7) is 0.0867. The van der Waals surface area contributed by atoms with Crippen molar-refractivity contribution in [3.05, 3.63) is 29.8 Å². The molecule has 0 saturated heterocycles. The molecular formula is C13H20F2N2O2S. The van der Waals surface area contributed by atoms with Crippen molar-refractivity contribution < 1.29 is 17.2 Å². The number of aryl methyl sites for hydroxylation is 1. The molecule has 0 heterocycles. The van der Waals surface area contributed by atoms with Gasteiger partial charge in [-0.05, 0) is 44.1 Å². The van der Waals surface area contributed by atoms with Gasteiger partial charge in [0.05, 0.1) is 11.4 Å². The Morgan fingerprint density at radius 3 is 2.35 bits per heavy atom. The summed E-state index contributed by atoms with van der Waals surface area (Å²) in [5.41, 5.74) is 1.02. The van der Waals surface area contributed by atoms with Gasteiger partial charge in [-0.2, -0.15) is 4.31 Å². The molecule has 114 valence electrons. The molecule has 0 atom stereocenters. The maximum Gasteiger partial charge on any atom is 0.252 e. The molecule has 0 bridgehead atoms. The molecule has 0 radical (unpaired) electrons. The van der Waals surface area contributed by atoms with Gasteiger partial charge in [0.2, 0.25) is 10.0 Å². The molecule has 1 aromatic carbocycles. The molecule has 7 heteroatoms. The number of alkyl halides is 2. The van der Waals surface area contributed by atoms with E-state index in [9.17, 15) is 17.2 Å². The Morgan fingerprint density at radius 2 is 1.85 bits per heavy atom. The lowest BCUT2D eigenvalue weighted by molar-refractivity contribution is 0.126. The van der Waals surface area contributed by atoms with Crippen molar-refractivity contribution in [2.75, 3.05) is 27.2 Å². The van der Waals surface area contributed by atoms with E-state index in [1.165, 1.54) is 12.1 Å². The topological polar surface area (TPSA) is 49.4 Å². The largest absolute Gasteiger partial charge is 0.320 e. The molecule has 0 unspecified atom stereocenters. The molecule has 0 aromatic heterocycles. The average Bonchev–Trinajstić information content (AvgIpc) is 2.39. The number of nitrogens with zero attached hydrogens (tertiary/aromatic N) is 1. The number of benzene rings is 1. The third-order valence-corrected chi connectivity index (χ3v) is 4.76. The Hall–Kier alpha value is -1.05. The summed E-state index contributed by atoms with van der Waals surface area (Å²) in [6.07, 6.45) is -0.891. The Kier molecular flexibility index (Phi) is 6.51. The molecule has 1 rings (SSSR count). The van der Waals surface area contributed by atoms with E-state index in [1.54, 1.807) is 12.1 Å². The van der Waals surface area contributed by atoms with Crippen LogP contribution >= 0.6 is 0 Å². The van der Waals surface area contributed by atoms with Crippen LogP contribution in [0.2, 0.25) is 0 Å². The van der Waals surface area contributed by atoms with Crippen LogP contribution in [0.1, 0.15) is 12.0 Å². The Bertz CT molecular complexity index is 504. The summed E-state index contributed by atoms with van der Waals surface area (Å²) in [5, 5.41) is 3.03. The quantitative estimate of drug-likeness (QED) is 0.744. The third-order valence-electron chi connectivity index (χ3n) is 2.92. The lowest BCUT2D eigenvalue weighted by Crippen LogP contribution is -2.31. The fourth-order valence-corrected chi connectivity index (χ4v) is 2.92. The summed E-state index contributed by atoms with van der Waals surface area (Å²) in [4.78, 5) is 0.0398. The van der Waals surface area contributed by atoms with Crippen LogP contribution in [0.4, 0.5) is 8.78 Å². The lowest BCUT2D eigenvalue weighted by Gasteiger charge is -2.16. The van der Waals surface area contributed by atoms with E-state index in [0.29, 0.717) is 4.31 Å². The second kappa shape index (κ2) is 7.66. The highest BCUT2D eigenvalue weighted by Gasteiger charge is 2.23. The van der Waals surface area contributed by atoms with Gasteiger partial charge in [-0.15, -0.1) is 0 Å². The molecule has 0 aliphatic rings. The number of rotatable bonds is 8. The first-order chi connectivity index (χ1) is 9.37. The Labute approximate surface area is 118 Å². The molecule has 0 fully saturated rings. The van der Waals surface area contributed by atoms with Crippen LogP contribution in [0.15, 0.2) is 29.2 Å². The zero-order chi connectivity index (χ0) is 15.2. The number of hydrogen-bond acceptors (Lipinski definition) is 3. The summed E-state index contributed by atoms with van der Waals surface area (Å²) >= 11 is 0. The van der Waals surface area contributed by atoms with Crippen LogP contribution in [-0.2, 0) is 16.4 Å². The maximum atomic E-state index is 12.3. The molecule has 4 nitrogen and oxygen atoms in total. The van der Waals surface area contributed by atoms with Crippen molar-refractivity contribution in [3.8, 4) is 0 Å². The second-order valence-corrected chi connectivity index (χ2v) is 6.57. The number of sulfonamides is 1. The first-order valence-electron chi connectivity index (χ1n) is 6.36. The summed E-state index contributed by atoms with van der Waals surface area (Å²) in [6, 6.07) is 6.37. The fraction of sp³-hybridized carbons (Fsp3) is 0.538. The monoisotopic (exact) mass is 306 g/mol. The van der Waals surface area contributed by atoms with Gasteiger partial charge in [0.25, 0.3) is 6.43 Å². The summed E-state index contributed by atoms with van der Waals surface area (Å²) in [5.74, 6) is 0. The van der Waals surface area contributed by atoms with Crippen LogP contribution in [-0.4, -0.2) is 46.3 Å². The van der Waals surface area contributed by atoms with Gasteiger partial charge < -0.3 is 5.32 Å². The van der Waals surface area contributed by atoms with Crippen molar-refractivity contribution in [2.45, 2.75) is 24.2 Å². The van der Waals surface area contributed by atoms with Crippen LogP contribution in [0, 0.1) is 0 Å².